The number of rotatable bonds is 5. The van der Waals surface area contributed by atoms with Crippen LogP contribution in [0, 0.1) is 5.92 Å². The van der Waals surface area contributed by atoms with Crippen LogP contribution in [0.4, 0.5) is 10.5 Å². The first-order valence-electron chi connectivity index (χ1n) is 7.23. The van der Waals surface area contributed by atoms with Crippen molar-refractivity contribution in [2.45, 2.75) is 19.1 Å². The van der Waals surface area contributed by atoms with E-state index in [2.05, 4.69) is 5.32 Å². The highest BCUT2D eigenvalue weighted by molar-refractivity contribution is 7.92. The van der Waals surface area contributed by atoms with Crippen LogP contribution in [0.25, 0.3) is 0 Å². The van der Waals surface area contributed by atoms with E-state index in [9.17, 15) is 13.2 Å². The van der Waals surface area contributed by atoms with Crippen LogP contribution in [0.5, 0.6) is 5.75 Å². The molecule has 7 heteroatoms. The molecule has 0 radical (unpaired) electrons. The van der Waals surface area contributed by atoms with Crippen molar-refractivity contribution in [1.82, 2.24) is 4.90 Å². The predicted octanol–water partition coefficient (Wildman–Crippen LogP) is 1.98. The number of hydrogen-bond acceptors (Lipinski definition) is 4. The standard InChI is InChI=1S/C15H22N2O4S/c1-11(2)10-22(19,20)14-8-17(9-14)15(18)16-12-4-6-13(21-3)7-5-12/h4-7,11,14H,8-10H2,1-3H3,(H,16,18). The van der Waals surface area contributed by atoms with Crippen LogP contribution in [0.15, 0.2) is 24.3 Å². The average Bonchev–Trinajstić information content (AvgIpc) is 2.35. The van der Waals surface area contributed by atoms with E-state index >= 15 is 0 Å². The Labute approximate surface area is 131 Å². The molecule has 0 unspecified atom stereocenters. The number of benzene rings is 1. The number of nitrogens with one attached hydrogen (secondary N) is 1. The molecule has 1 heterocycles. The minimum Gasteiger partial charge on any atom is -0.497 e. The van der Waals surface area contributed by atoms with Crippen LogP contribution in [-0.2, 0) is 9.84 Å². The van der Waals surface area contributed by atoms with Gasteiger partial charge in [0.15, 0.2) is 9.84 Å². The van der Waals surface area contributed by atoms with E-state index < -0.39 is 15.1 Å². The van der Waals surface area contributed by atoms with Gasteiger partial charge in [0.2, 0.25) is 0 Å². The van der Waals surface area contributed by atoms with Gasteiger partial charge in [-0.2, -0.15) is 0 Å². The molecule has 1 aliphatic heterocycles. The number of sulfone groups is 1. The van der Waals surface area contributed by atoms with Gasteiger partial charge in [0.05, 0.1) is 18.1 Å². The third-order valence-corrected chi connectivity index (χ3v) is 6.00. The van der Waals surface area contributed by atoms with Gasteiger partial charge in [-0.05, 0) is 30.2 Å². The van der Waals surface area contributed by atoms with Crippen LogP contribution < -0.4 is 10.1 Å². The van der Waals surface area contributed by atoms with Crippen molar-refractivity contribution in [3.05, 3.63) is 24.3 Å². The summed E-state index contributed by atoms with van der Waals surface area (Å²) in [5.41, 5.74) is 0.652. The molecular weight excluding hydrogens is 304 g/mol. The van der Waals surface area contributed by atoms with Gasteiger partial charge in [0.1, 0.15) is 5.75 Å². The molecule has 0 aliphatic carbocycles. The summed E-state index contributed by atoms with van der Waals surface area (Å²) in [6, 6.07) is 6.71. The van der Waals surface area contributed by atoms with Crippen molar-refractivity contribution in [2.24, 2.45) is 5.92 Å². The molecule has 1 N–H and O–H groups in total. The van der Waals surface area contributed by atoms with Crippen molar-refractivity contribution in [1.29, 1.82) is 0 Å². The molecule has 2 amide bonds. The summed E-state index contributed by atoms with van der Waals surface area (Å²) in [6.45, 7) is 4.28. The summed E-state index contributed by atoms with van der Waals surface area (Å²) in [5.74, 6) is 0.986. The SMILES string of the molecule is COc1ccc(NC(=O)N2CC(S(=O)(=O)CC(C)C)C2)cc1. The van der Waals surface area contributed by atoms with Gasteiger partial charge in [0.25, 0.3) is 0 Å². The van der Waals surface area contributed by atoms with Crippen molar-refractivity contribution >= 4 is 21.6 Å². The van der Waals surface area contributed by atoms with E-state index in [0.717, 1.165) is 0 Å². The fraction of sp³-hybridized carbons (Fsp3) is 0.533. The van der Waals surface area contributed by atoms with Crippen molar-refractivity contribution in [3.63, 3.8) is 0 Å². The Morgan fingerprint density at radius 1 is 1.32 bits per heavy atom. The van der Waals surface area contributed by atoms with E-state index in [-0.39, 0.29) is 30.8 Å². The first-order valence-corrected chi connectivity index (χ1v) is 8.95. The molecule has 122 valence electrons. The van der Waals surface area contributed by atoms with Gasteiger partial charge in [-0.3, -0.25) is 0 Å². The Kier molecular flexibility index (Phi) is 4.95. The number of ether oxygens (including phenoxy) is 1. The maximum Gasteiger partial charge on any atom is 0.321 e. The van der Waals surface area contributed by atoms with E-state index in [0.29, 0.717) is 11.4 Å². The number of carbonyl (C=O) groups is 1. The second kappa shape index (κ2) is 6.56. The van der Waals surface area contributed by atoms with Gasteiger partial charge < -0.3 is 15.0 Å². The summed E-state index contributed by atoms with van der Waals surface area (Å²) in [7, 11) is -1.53. The highest BCUT2D eigenvalue weighted by Crippen LogP contribution is 2.21. The molecule has 2 rings (SSSR count). The average molecular weight is 326 g/mol. The van der Waals surface area contributed by atoms with Crippen molar-refractivity contribution in [3.8, 4) is 5.75 Å². The maximum atomic E-state index is 12.0. The molecule has 22 heavy (non-hydrogen) atoms. The quantitative estimate of drug-likeness (QED) is 0.898. The Bertz CT molecular complexity index is 619. The largest absolute Gasteiger partial charge is 0.497 e. The minimum absolute atomic E-state index is 0.104. The minimum atomic E-state index is -3.11. The molecule has 0 spiro atoms. The molecule has 6 nitrogen and oxygen atoms in total. The van der Waals surface area contributed by atoms with Crippen molar-refractivity contribution < 1.29 is 17.9 Å². The predicted molar refractivity (Wildman–Crippen MR) is 86.0 cm³/mol. The van der Waals surface area contributed by atoms with Crippen LogP contribution in [0.3, 0.4) is 0 Å². The molecule has 1 aliphatic rings. The molecule has 0 saturated carbocycles. The second-order valence-corrected chi connectivity index (χ2v) is 8.23. The number of methoxy groups -OCH3 is 1. The lowest BCUT2D eigenvalue weighted by atomic mass is 10.2. The number of urea groups is 1. The molecule has 0 aromatic heterocycles. The summed E-state index contributed by atoms with van der Waals surface area (Å²) in [5, 5.41) is 2.31. The monoisotopic (exact) mass is 326 g/mol. The van der Waals surface area contributed by atoms with Gasteiger partial charge in [0, 0.05) is 18.8 Å². The highest BCUT2D eigenvalue weighted by Gasteiger charge is 2.39. The Morgan fingerprint density at radius 2 is 1.91 bits per heavy atom. The maximum absolute atomic E-state index is 12.0. The molecule has 1 saturated heterocycles. The zero-order valence-corrected chi connectivity index (χ0v) is 13.9. The molecule has 1 aromatic carbocycles. The normalized spacial score (nSPS) is 15.5. The number of amides is 2. The molecular formula is C15H22N2O4S. The fourth-order valence-corrected chi connectivity index (χ4v) is 4.32. The molecule has 1 fully saturated rings. The Balaban J connectivity index is 1.86. The van der Waals surface area contributed by atoms with E-state index in [1.807, 2.05) is 13.8 Å². The number of likely N-dealkylation sites (tertiary alicyclic amines) is 1. The van der Waals surface area contributed by atoms with Crippen LogP contribution in [0.1, 0.15) is 13.8 Å². The third-order valence-electron chi connectivity index (χ3n) is 3.55. The summed E-state index contributed by atoms with van der Waals surface area (Å²) in [6.07, 6.45) is 0. The first kappa shape index (κ1) is 16.6. The fourth-order valence-electron chi connectivity index (χ4n) is 2.31. The van der Waals surface area contributed by atoms with Gasteiger partial charge >= 0.3 is 6.03 Å². The van der Waals surface area contributed by atoms with Crippen LogP contribution in [0.2, 0.25) is 0 Å². The molecule has 1 aromatic rings. The smallest absolute Gasteiger partial charge is 0.321 e. The second-order valence-electron chi connectivity index (χ2n) is 5.91. The van der Waals surface area contributed by atoms with Crippen molar-refractivity contribution in [2.75, 3.05) is 31.3 Å². The lowest BCUT2D eigenvalue weighted by molar-refractivity contribution is 0.182. The lowest BCUT2D eigenvalue weighted by Gasteiger charge is -2.38. The highest BCUT2D eigenvalue weighted by atomic mass is 32.2. The van der Waals surface area contributed by atoms with E-state index in [4.69, 9.17) is 4.74 Å². The summed E-state index contributed by atoms with van der Waals surface area (Å²) >= 11 is 0. The Hall–Kier alpha value is -1.76. The number of nitrogens with zero attached hydrogens (tertiary/aromatic N) is 1. The third kappa shape index (κ3) is 3.91. The van der Waals surface area contributed by atoms with Crippen LogP contribution >= 0.6 is 0 Å². The van der Waals surface area contributed by atoms with Gasteiger partial charge in [-0.1, -0.05) is 13.8 Å². The first-order chi connectivity index (χ1) is 10.3. The Morgan fingerprint density at radius 3 is 2.41 bits per heavy atom. The van der Waals surface area contributed by atoms with Gasteiger partial charge in [-0.15, -0.1) is 0 Å². The van der Waals surface area contributed by atoms with Gasteiger partial charge in [-0.25, -0.2) is 13.2 Å². The number of hydrogen-bond donors (Lipinski definition) is 1. The van der Waals surface area contributed by atoms with E-state index in [1.165, 1.54) is 4.90 Å². The van der Waals surface area contributed by atoms with Crippen LogP contribution in [-0.4, -0.2) is 50.6 Å². The summed E-state index contributed by atoms with van der Waals surface area (Å²) in [4.78, 5) is 13.5. The molecule has 0 atom stereocenters. The molecule has 0 bridgehead atoms. The summed E-state index contributed by atoms with van der Waals surface area (Å²) < 4.78 is 29.1. The number of carbonyl (C=O) groups excluding carboxylic acids is 1. The topological polar surface area (TPSA) is 75.7 Å². The van der Waals surface area contributed by atoms with E-state index in [1.54, 1.807) is 31.4 Å². The number of anilines is 1. The zero-order chi connectivity index (χ0) is 16.3. The zero-order valence-electron chi connectivity index (χ0n) is 13.1. The lowest BCUT2D eigenvalue weighted by Crippen LogP contribution is -2.58.